The molecule has 0 aliphatic heterocycles. The van der Waals surface area contributed by atoms with E-state index >= 15 is 0 Å². The van der Waals surface area contributed by atoms with Crippen LogP contribution in [0.2, 0.25) is 0 Å². The van der Waals surface area contributed by atoms with E-state index in [9.17, 15) is 13.2 Å². The summed E-state index contributed by atoms with van der Waals surface area (Å²) in [5.74, 6) is -0.101. The van der Waals surface area contributed by atoms with Crippen molar-refractivity contribution in [2.75, 3.05) is 5.73 Å². The summed E-state index contributed by atoms with van der Waals surface area (Å²) in [7, 11) is 0. The average Bonchev–Trinajstić information content (AvgIpc) is 2.37. The number of nitrogen functional groups attached to an aromatic ring is 1. The number of rotatable bonds is 1. The quantitative estimate of drug-likeness (QED) is 0.859. The summed E-state index contributed by atoms with van der Waals surface area (Å²) in [4.78, 5) is 3.54. The van der Waals surface area contributed by atoms with Crippen LogP contribution in [-0.2, 0) is 6.18 Å². The number of aromatic nitrogens is 1. The van der Waals surface area contributed by atoms with E-state index in [2.05, 4.69) is 4.98 Å². The maximum atomic E-state index is 12.8. The highest BCUT2D eigenvalue weighted by Gasteiger charge is 2.36. The van der Waals surface area contributed by atoms with Gasteiger partial charge < -0.3 is 5.73 Å². The van der Waals surface area contributed by atoms with Gasteiger partial charge in [0.25, 0.3) is 0 Å². The Kier molecular flexibility index (Phi) is 3.13. The van der Waals surface area contributed by atoms with E-state index in [4.69, 9.17) is 11.0 Å². The van der Waals surface area contributed by atoms with E-state index in [-0.39, 0.29) is 11.4 Å². The third kappa shape index (κ3) is 2.36. The summed E-state index contributed by atoms with van der Waals surface area (Å²) in [5.41, 5.74) is 4.46. The van der Waals surface area contributed by atoms with Gasteiger partial charge in [0.1, 0.15) is 11.9 Å². The second kappa shape index (κ2) is 4.61. The topological polar surface area (TPSA) is 62.7 Å². The van der Waals surface area contributed by atoms with Crippen LogP contribution in [0.1, 0.15) is 11.1 Å². The van der Waals surface area contributed by atoms with Gasteiger partial charge in [-0.1, -0.05) is 30.3 Å². The van der Waals surface area contributed by atoms with Crippen molar-refractivity contribution in [1.29, 1.82) is 5.26 Å². The van der Waals surface area contributed by atoms with Crippen molar-refractivity contribution >= 4 is 5.82 Å². The molecule has 2 aromatic rings. The second-order valence-corrected chi connectivity index (χ2v) is 3.78. The Morgan fingerprint density at radius 2 is 1.79 bits per heavy atom. The van der Waals surface area contributed by atoms with E-state index in [0.717, 1.165) is 0 Å². The second-order valence-electron chi connectivity index (χ2n) is 3.78. The predicted octanol–water partition coefficient (Wildman–Crippen LogP) is 3.22. The molecule has 1 aromatic carbocycles. The lowest BCUT2D eigenvalue weighted by atomic mass is 9.97. The molecule has 1 heterocycles. The summed E-state index contributed by atoms with van der Waals surface area (Å²) >= 11 is 0. The van der Waals surface area contributed by atoms with E-state index in [1.54, 1.807) is 36.4 Å². The number of hydrogen-bond acceptors (Lipinski definition) is 3. The number of halogens is 3. The molecule has 0 saturated carbocycles. The molecule has 0 radical (unpaired) electrons. The first-order valence-electron chi connectivity index (χ1n) is 5.26. The minimum absolute atomic E-state index is 0.0120. The highest BCUT2D eigenvalue weighted by atomic mass is 19.4. The van der Waals surface area contributed by atoms with Gasteiger partial charge >= 0.3 is 6.18 Å². The summed E-state index contributed by atoms with van der Waals surface area (Å²) in [5, 5.41) is 9.02. The maximum Gasteiger partial charge on any atom is 0.419 e. The first-order valence-corrected chi connectivity index (χ1v) is 5.26. The zero-order chi connectivity index (χ0) is 14.0. The first-order chi connectivity index (χ1) is 8.95. The largest absolute Gasteiger partial charge is 0.419 e. The van der Waals surface area contributed by atoms with Crippen LogP contribution < -0.4 is 5.73 Å². The van der Waals surface area contributed by atoms with Gasteiger partial charge in [-0.2, -0.15) is 18.4 Å². The monoisotopic (exact) mass is 263 g/mol. The van der Waals surface area contributed by atoms with Gasteiger partial charge in [0, 0.05) is 11.8 Å². The highest BCUT2D eigenvalue weighted by molar-refractivity contribution is 5.80. The third-order valence-electron chi connectivity index (χ3n) is 2.59. The van der Waals surface area contributed by atoms with Crippen LogP contribution in [0.4, 0.5) is 19.0 Å². The van der Waals surface area contributed by atoms with E-state index in [1.807, 2.05) is 0 Å². The van der Waals surface area contributed by atoms with Gasteiger partial charge in [0.2, 0.25) is 0 Å². The first kappa shape index (κ1) is 12.9. The molecule has 1 aromatic heterocycles. The molecule has 0 amide bonds. The number of alkyl halides is 3. The van der Waals surface area contributed by atoms with Gasteiger partial charge in [-0.05, 0) is 5.56 Å². The Hall–Kier alpha value is -2.55. The Labute approximate surface area is 107 Å². The molecular weight excluding hydrogens is 255 g/mol. The molecule has 19 heavy (non-hydrogen) atoms. The number of anilines is 1. The summed E-state index contributed by atoms with van der Waals surface area (Å²) in [6, 6.07) is 9.74. The normalized spacial score (nSPS) is 11.1. The lowest BCUT2D eigenvalue weighted by molar-refractivity contribution is -0.138. The van der Waals surface area contributed by atoms with Crippen LogP contribution in [0.3, 0.4) is 0 Å². The fraction of sp³-hybridized carbons (Fsp3) is 0.0769. The molecule has 0 bridgehead atoms. The molecule has 0 spiro atoms. The van der Waals surface area contributed by atoms with Crippen LogP contribution in [0.5, 0.6) is 0 Å². The van der Waals surface area contributed by atoms with Crippen LogP contribution in [0.15, 0.2) is 36.5 Å². The number of nitrogens with two attached hydrogens (primary N) is 1. The third-order valence-corrected chi connectivity index (χ3v) is 2.59. The highest BCUT2D eigenvalue weighted by Crippen LogP contribution is 2.37. The number of nitriles is 1. The predicted molar refractivity (Wildman–Crippen MR) is 63.8 cm³/mol. The van der Waals surface area contributed by atoms with E-state index < -0.39 is 17.3 Å². The standard InChI is InChI=1S/C13H8F3N3/c14-13(15,16)10-7-19-12(18)11(9(10)6-17)8-4-2-1-3-5-8/h1-5,7H,(H2,18,19). The Bertz CT molecular complexity index is 643. The molecule has 2 N–H and O–H groups in total. The fourth-order valence-corrected chi connectivity index (χ4v) is 1.75. The van der Waals surface area contributed by atoms with Crippen LogP contribution in [0.25, 0.3) is 11.1 Å². The number of nitrogens with zero attached hydrogens (tertiary/aromatic N) is 2. The molecule has 0 unspecified atom stereocenters. The molecule has 96 valence electrons. The van der Waals surface area contributed by atoms with Gasteiger partial charge in [0.15, 0.2) is 0 Å². The lowest BCUT2D eigenvalue weighted by Gasteiger charge is -2.13. The molecule has 2 rings (SSSR count). The van der Waals surface area contributed by atoms with E-state index in [1.165, 1.54) is 0 Å². The molecule has 0 fully saturated rings. The SMILES string of the molecule is N#Cc1c(C(F)(F)F)cnc(N)c1-c1ccccc1. The fourth-order valence-electron chi connectivity index (χ4n) is 1.75. The summed E-state index contributed by atoms with van der Waals surface area (Å²) in [6.45, 7) is 0. The Morgan fingerprint density at radius 1 is 1.16 bits per heavy atom. The van der Waals surface area contributed by atoms with Gasteiger partial charge in [-0.15, -0.1) is 0 Å². The number of pyridine rings is 1. The molecule has 3 nitrogen and oxygen atoms in total. The summed E-state index contributed by atoms with van der Waals surface area (Å²) in [6.07, 6.45) is -4.06. The summed E-state index contributed by atoms with van der Waals surface area (Å²) < 4.78 is 38.5. The van der Waals surface area contributed by atoms with Crippen LogP contribution >= 0.6 is 0 Å². The minimum Gasteiger partial charge on any atom is -0.383 e. The van der Waals surface area contributed by atoms with E-state index in [0.29, 0.717) is 11.8 Å². The van der Waals surface area contributed by atoms with Crippen molar-refractivity contribution in [2.24, 2.45) is 0 Å². The van der Waals surface area contributed by atoms with Crippen LogP contribution in [-0.4, -0.2) is 4.98 Å². The Morgan fingerprint density at radius 3 is 2.32 bits per heavy atom. The zero-order valence-corrected chi connectivity index (χ0v) is 9.57. The van der Waals surface area contributed by atoms with Crippen molar-refractivity contribution in [3.05, 3.63) is 47.7 Å². The number of hydrogen-bond donors (Lipinski definition) is 1. The molecule has 6 heteroatoms. The van der Waals surface area contributed by atoms with Crippen molar-refractivity contribution < 1.29 is 13.2 Å². The van der Waals surface area contributed by atoms with Crippen molar-refractivity contribution in [3.63, 3.8) is 0 Å². The molecule has 0 aliphatic rings. The lowest BCUT2D eigenvalue weighted by Crippen LogP contribution is -2.11. The molecule has 0 saturated heterocycles. The molecular formula is C13H8F3N3. The Balaban J connectivity index is 2.78. The van der Waals surface area contributed by atoms with Crippen LogP contribution in [0, 0.1) is 11.3 Å². The average molecular weight is 263 g/mol. The smallest absolute Gasteiger partial charge is 0.383 e. The van der Waals surface area contributed by atoms with Crippen molar-refractivity contribution in [2.45, 2.75) is 6.18 Å². The number of benzene rings is 1. The van der Waals surface area contributed by atoms with Gasteiger partial charge in [0.05, 0.1) is 11.1 Å². The zero-order valence-electron chi connectivity index (χ0n) is 9.57. The van der Waals surface area contributed by atoms with Crippen molar-refractivity contribution in [1.82, 2.24) is 4.98 Å². The minimum atomic E-state index is -4.64. The molecule has 0 aliphatic carbocycles. The van der Waals surface area contributed by atoms with Gasteiger partial charge in [-0.3, -0.25) is 0 Å². The van der Waals surface area contributed by atoms with Crippen molar-refractivity contribution in [3.8, 4) is 17.2 Å². The maximum absolute atomic E-state index is 12.8. The van der Waals surface area contributed by atoms with Gasteiger partial charge in [-0.25, -0.2) is 4.98 Å². The molecule has 0 atom stereocenters.